The van der Waals surface area contributed by atoms with Crippen molar-refractivity contribution in [2.75, 3.05) is 0 Å². The van der Waals surface area contributed by atoms with E-state index in [-0.39, 0.29) is 17.4 Å². The summed E-state index contributed by atoms with van der Waals surface area (Å²) in [5.41, 5.74) is -0.829. The second-order valence-electron chi connectivity index (χ2n) is 5.62. The van der Waals surface area contributed by atoms with Crippen LogP contribution in [-0.2, 0) is 9.53 Å². The highest BCUT2D eigenvalue weighted by Crippen LogP contribution is 2.38. The van der Waals surface area contributed by atoms with Crippen LogP contribution in [0, 0.1) is 5.41 Å². The predicted octanol–water partition coefficient (Wildman–Crippen LogP) is 1.88. The van der Waals surface area contributed by atoms with Crippen LogP contribution in [0.15, 0.2) is 0 Å². The van der Waals surface area contributed by atoms with Crippen molar-refractivity contribution in [3.05, 3.63) is 0 Å². The van der Waals surface area contributed by atoms with Gasteiger partial charge in [0.1, 0.15) is 11.9 Å². The van der Waals surface area contributed by atoms with E-state index in [9.17, 15) is 9.59 Å². The van der Waals surface area contributed by atoms with Crippen LogP contribution >= 0.6 is 0 Å². The molecule has 1 unspecified atom stereocenters. The minimum absolute atomic E-state index is 0.149. The van der Waals surface area contributed by atoms with Gasteiger partial charge in [0.2, 0.25) is 0 Å². The monoisotopic (exact) mass is 213 g/mol. The molecule has 1 amide bonds. The fourth-order valence-corrected chi connectivity index (χ4v) is 1.39. The minimum atomic E-state index is -0.519. The molecule has 1 saturated carbocycles. The Morgan fingerprint density at radius 2 is 2.00 bits per heavy atom. The molecule has 4 heteroatoms. The molecule has 0 aromatic rings. The van der Waals surface area contributed by atoms with E-state index in [1.54, 1.807) is 13.8 Å². The van der Waals surface area contributed by atoms with Crippen LogP contribution in [0.2, 0.25) is 0 Å². The van der Waals surface area contributed by atoms with Gasteiger partial charge in [-0.05, 0) is 34.6 Å². The molecule has 1 aliphatic rings. The molecule has 0 radical (unpaired) electrons. The van der Waals surface area contributed by atoms with Crippen molar-refractivity contribution in [1.82, 2.24) is 5.32 Å². The first-order valence-corrected chi connectivity index (χ1v) is 5.15. The van der Waals surface area contributed by atoms with Crippen molar-refractivity contribution in [3.8, 4) is 0 Å². The van der Waals surface area contributed by atoms with Crippen LogP contribution in [0.3, 0.4) is 0 Å². The van der Waals surface area contributed by atoms with E-state index in [0.29, 0.717) is 6.42 Å². The minimum Gasteiger partial charge on any atom is -0.445 e. The summed E-state index contributed by atoms with van der Waals surface area (Å²) in [6.45, 7) is 9.24. The Hall–Kier alpha value is -1.06. The Morgan fingerprint density at radius 3 is 2.33 bits per heavy atom. The van der Waals surface area contributed by atoms with Gasteiger partial charge < -0.3 is 10.1 Å². The lowest BCUT2D eigenvalue weighted by Gasteiger charge is -2.41. The van der Waals surface area contributed by atoms with Crippen molar-refractivity contribution >= 4 is 11.9 Å². The standard InChI is InChI=1S/C11H19NO3/c1-10(2,3)12-9(14)15-8-6-7(13)11(8,4)5/h8H,6H2,1-5H3,(H,12,14). The number of ketones is 1. The van der Waals surface area contributed by atoms with E-state index in [1.165, 1.54) is 0 Å². The van der Waals surface area contributed by atoms with Gasteiger partial charge in [-0.3, -0.25) is 4.79 Å². The number of amides is 1. The van der Waals surface area contributed by atoms with E-state index in [1.807, 2.05) is 20.8 Å². The molecule has 1 rings (SSSR count). The summed E-state index contributed by atoms with van der Waals surface area (Å²) < 4.78 is 5.18. The maximum absolute atomic E-state index is 11.4. The highest BCUT2D eigenvalue weighted by atomic mass is 16.6. The van der Waals surface area contributed by atoms with Gasteiger partial charge in [-0.15, -0.1) is 0 Å². The fourth-order valence-electron chi connectivity index (χ4n) is 1.39. The number of carbonyl (C=O) groups excluding carboxylic acids is 2. The first kappa shape index (κ1) is 12.0. The molecule has 15 heavy (non-hydrogen) atoms. The predicted molar refractivity (Wildman–Crippen MR) is 56.6 cm³/mol. The van der Waals surface area contributed by atoms with Gasteiger partial charge in [0.15, 0.2) is 0 Å². The Labute approximate surface area is 90.4 Å². The number of nitrogens with one attached hydrogen (secondary N) is 1. The molecule has 0 saturated heterocycles. The van der Waals surface area contributed by atoms with Crippen LogP contribution in [0.5, 0.6) is 0 Å². The Morgan fingerprint density at radius 1 is 1.47 bits per heavy atom. The SMILES string of the molecule is CC(C)(C)NC(=O)OC1CC(=O)C1(C)C. The lowest BCUT2D eigenvalue weighted by atomic mass is 9.68. The highest BCUT2D eigenvalue weighted by Gasteiger charge is 2.50. The summed E-state index contributed by atoms with van der Waals surface area (Å²) in [6.07, 6.45) is -0.398. The van der Waals surface area contributed by atoms with Gasteiger partial charge in [0.05, 0.1) is 5.41 Å². The normalized spacial score (nSPS) is 24.3. The number of alkyl carbamates (subject to hydrolysis) is 1. The summed E-state index contributed by atoms with van der Waals surface area (Å²) in [4.78, 5) is 22.6. The average molecular weight is 213 g/mol. The number of hydrogen-bond acceptors (Lipinski definition) is 3. The fraction of sp³-hybridized carbons (Fsp3) is 0.818. The molecule has 1 atom stereocenters. The van der Waals surface area contributed by atoms with Gasteiger partial charge >= 0.3 is 6.09 Å². The van der Waals surface area contributed by atoms with Gasteiger partial charge in [-0.25, -0.2) is 4.79 Å². The van der Waals surface area contributed by atoms with Crippen molar-refractivity contribution in [1.29, 1.82) is 0 Å². The third-order valence-electron chi connectivity index (χ3n) is 2.62. The van der Waals surface area contributed by atoms with Gasteiger partial charge in [0.25, 0.3) is 0 Å². The Kier molecular flexibility index (Phi) is 2.81. The first-order valence-electron chi connectivity index (χ1n) is 5.15. The topological polar surface area (TPSA) is 55.4 Å². The van der Waals surface area contributed by atoms with Crippen molar-refractivity contribution in [3.63, 3.8) is 0 Å². The Bertz CT molecular complexity index is 289. The first-order chi connectivity index (χ1) is 6.63. The molecule has 0 aliphatic heterocycles. The number of carbonyl (C=O) groups is 2. The second kappa shape index (κ2) is 3.51. The van der Waals surface area contributed by atoms with Crippen LogP contribution in [0.1, 0.15) is 41.0 Å². The molecule has 1 aliphatic carbocycles. The van der Waals surface area contributed by atoms with Gasteiger partial charge in [0, 0.05) is 12.0 Å². The molecule has 0 spiro atoms. The summed E-state index contributed by atoms with van der Waals surface area (Å²) in [6, 6.07) is 0. The maximum Gasteiger partial charge on any atom is 0.407 e. The number of hydrogen-bond donors (Lipinski definition) is 1. The molecule has 0 bridgehead atoms. The van der Waals surface area contributed by atoms with Crippen LogP contribution in [0.25, 0.3) is 0 Å². The van der Waals surface area contributed by atoms with E-state index < -0.39 is 11.5 Å². The summed E-state index contributed by atoms with van der Waals surface area (Å²) in [7, 11) is 0. The number of ether oxygens (including phenoxy) is 1. The summed E-state index contributed by atoms with van der Waals surface area (Å²) in [5, 5.41) is 2.70. The molecular formula is C11H19NO3. The van der Waals surface area contributed by atoms with E-state index in [0.717, 1.165) is 0 Å². The zero-order valence-corrected chi connectivity index (χ0v) is 10.0. The van der Waals surface area contributed by atoms with E-state index >= 15 is 0 Å². The largest absolute Gasteiger partial charge is 0.445 e. The van der Waals surface area contributed by atoms with E-state index in [4.69, 9.17) is 4.74 Å². The van der Waals surface area contributed by atoms with Gasteiger partial charge in [-0.1, -0.05) is 0 Å². The average Bonchev–Trinajstić information content (AvgIpc) is 2.00. The molecule has 0 aromatic heterocycles. The maximum atomic E-state index is 11.4. The Balaban J connectivity index is 2.45. The van der Waals surface area contributed by atoms with Crippen molar-refractivity contribution < 1.29 is 14.3 Å². The second-order valence-corrected chi connectivity index (χ2v) is 5.62. The zero-order chi connectivity index (χ0) is 11.9. The molecule has 1 fully saturated rings. The molecule has 86 valence electrons. The third kappa shape index (κ3) is 2.70. The zero-order valence-electron chi connectivity index (χ0n) is 10.0. The van der Waals surface area contributed by atoms with Crippen LogP contribution in [0.4, 0.5) is 4.79 Å². The smallest absolute Gasteiger partial charge is 0.407 e. The number of rotatable bonds is 1. The van der Waals surface area contributed by atoms with Gasteiger partial charge in [-0.2, -0.15) is 0 Å². The summed E-state index contributed by atoms with van der Waals surface area (Å²) >= 11 is 0. The third-order valence-corrected chi connectivity index (χ3v) is 2.62. The van der Waals surface area contributed by atoms with Crippen LogP contribution in [-0.4, -0.2) is 23.5 Å². The van der Waals surface area contributed by atoms with Crippen molar-refractivity contribution in [2.45, 2.75) is 52.7 Å². The number of Topliss-reactive ketones (excluding diaryl/α,β-unsaturated/α-hetero) is 1. The molecule has 4 nitrogen and oxygen atoms in total. The van der Waals surface area contributed by atoms with E-state index in [2.05, 4.69) is 5.32 Å². The lowest BCUT2D eigenvalue weighted by Crippen LogP contribution is -2.54. The van der Waals surface area contributed by atoms with Crippen LogP contribution < -0.4 is 5.32 Å². The highest BCUT2D eigenvalue weighted by molar-refractivity contribution is 5.92. The van der Waals surface area contributed by atoms with Crippen molar-refractivity contribution in [2.24, 2.45) is 5.41 Å². The quantitative estimate of drug-likeness (QED) is 0.723. The lowest BCUT2D eigenvalue weighted by molar-refractivity contribution is -0.150. The summed E-state index contributed by atoms with van der Waals surface area (Å²) in [5.74, 6) is 0.149. The molecular weight excluding hydrogens is 194 g/mol. The molecule has 0 aromatic carbocycles. The molecule has 1 N–H and O–H groups in total. The molecule has 0 heterocycles.